The van der Waals surface area contributed by atoms with Gasteiger partial charge < -0.3 is 24.1 Å². The lowest BCUT2D eigenvalue weighted by Gasteiger charge is -2.22. The summed E-state index contributed by atoms with van der Waals surface area (Å²) in [4.78, 5) is 17.4. The summed E-state index contributed by atoms with van der Waals surface area (Å²) in [5, 5.41) is 10.4. The second-order valence-corrected chi connectivity index (χ2v) is 11.1. The van der Waals surface area contributed by atoms with Crippen molar-refractivity contribution in [2.24, 2.45) is 11.8 Å². The number of alkyl halides is 2. The Labute approximate surface area is 246 Å². The topological polar surface area (TPSA) is 87.1 Å². The van der Waals surface area contributed by atoms with Crippen molar-refractivity contribution in [1.29, 1.82) is 0 Å². The van der Waals surface area contributed by atoms with Crippen molar-refractivity contribution in [3.63, 3.8) is 0 Å². The molecule has 41 heavy (non-hydrogen) atoms. The molecule has 2 aromatic carbocycles. The molecule has 2 aliphatic rings. The van der Waals surface area contributed by atoms with E-state index in [0.717, 1.165) is 25.7 Å². The van der Waals surface area contributed by atoms with Crippen LogP contribution in [0.1, 0.15) is 58.8 Å². The molecule has 1 aromatic heterocycles. The van der Waals surface area contributed by atoms with Crippen LogP contribution in [0.15, 0.2) is 48.8 Å². The van der Waals surface area contributed by atoms with Crippen LogP contribution in [-0.2, 0) is 17.8 Å². The number of carbonyl (C=O) groups is 1. The van der Waals surface area contributed by atoms with Gasteiger partial charge in [0, 0.05) is 24.4 Å². The molecule has 218 valence electrons. The van der Waals surface area contributed by atoms with E-state index in [1.165, 1.54) is 36.7 Å². The summed E-state index contributed by atoms with van der Waals surface area (Å²) in [6.45, 7) is -2.44. The molecule has 2 saturated carbocycles. The third-order valence-corrected chi connectivity index (χ3v) is 7.61. The van der Waals surface area contributed by atoms with E-state index in [0.29, 0.717) is 47.5 Å². The maximum absolute atomic E-state index is 13.4. The Morgan fingerprint density at radius 1 is 0.927 bits per heavy atom. The van der Waals surface area contributed by atoms with E-state index in [-0.39, 0.29) is 40.1 Å². The van der Waals surface area contributed by atoms with Gasteiger partial charge in [-0.25, -0.2) is 4.79 Å². The van der Waals surface area contributed by atoms with E-state index in [4.69, 9.17) is 37.4 Å². The number of hydrogen-bond donors (Lipinski definition) is 1. The SMILES string of the molecule is O=C(O[C@@H](Cc1c(Cl)cncc1Cl)c1ccc(OC(F)F)c(OCC2CC2)c1)c1ccc(OCC2CC2)c(CO)c1. The molecule has 5 rings (SSSR count). The van der Waals surface area contributed by atoms with Gasteiger partial charge in [0.25, 0.3) is 0 Å². The first-order valence-corrected chi connectivity index (χ1v) is 14.1. The number of halogens is 4. The average Bonchev–Trinajstić information content (AvgIpc) is 3.88. The van der Waals surface area contributed by atoms with Gasteiger partial charge in [-0.3, -0.25) is 4.98 Å². The second-order valence-electron chi connectivity index (χ2n) is 10.3. The van der Waals surface area contributed by atoms with E-state index in [2.05, 4.69) is 9.72 Å². The van der Waals surface area contributed by atoms with Crippen LogP contribution in [0.25, 0.3) is 0 Å². The fourth-order valence-electron chi connectivity index (χ4n) is 4.23. The fraction of sp³-hybridized carbons (Fsp3) is 0.400. The molecular weight excluding hydrogens is 579 g/mol. The Morgan fingerprint density at radius 2 is 1.56 bits per heavy atom. The lowest BCUT2D eigenvalue weighted by atomic mass is 10.0. The highest BCUT2D eigenvalue weighted by molar-refractivity contribution is 6.35. The maximum Gasteiger partial charge on any atom is 0.387 e. The Bertz CT molecular complexity index is 1360. The molecule has 0 radical (unpaired) electrons. The molecule has 1 heterocycles. The molecule has 0 amide bonds. The zero-order valence-electron chi connectivity index (χ0n) is 22.0. The average molecular weight is 608 g/mol. The second kappa shape index (κ2) is 13.2. The Morgan fingerprint density at radius 3 is 2.17 bits per heavy atom. The first kappa shape index (κ1) is 29.4. The Kier molecular flexibility index (Phi) is 9.47. The first-order valence-electron chi connectivity index (χ1n) is 13.4. The van der Waals surface area contributed by atoms with Crippen LogP contribution in [-0.4, -0.2) is 35.9 Å². The molecule has 2 fully saturated rings. The summed E-state index contributed by atoms with van der Waals surface area (Å²) in [7, 11) is 0. The van der Waals surface area contributed by atoms with E-state index in [9.17, 15) is 18.7 Å². The molecule has 0 saturated heterocycles. The smallest absolute Gasteiger partial charge is 0.387 e. The van der Waals surface area contributed by atoms with Crippen LogP contribution in [0.4, 0.5) is 8.78 Å². The summed E-state index contributed by atoms with van der Waals surface area (Å²) >= 11 is 12.8. The van der Waals surface area contributed by atoms with Crippen molar-refractivity contribution >= 4 is 29.2 Å². The normalized spacial score (nSPS) is 15.5. The summed E-state index contributed by atoms with van der Waals surface area (Å²) in [6, 6.07) is 9.13. The number of aliphatic hydroxyl groups excluding tert-OH is 1. The number of pyridine rings is 1. The predicted octanol–water partition coefficient (Wildman–Crippen LogP) is 7.20. The highest BCUT2D eigenvalue weighted by atomic mass is 35.5. The largest absolute Gasteiger partial charge is 0.493 e. The molecule has 2 aliphatic carbocycles. The first-order chi connectivity index (χ1) is 19.8. The van der Waals surface area contributed by atoms with Gasteiger partial charge in [-0.1, -0.05) is 29.3 Å². The quantitative estimate of drug-likeness (QED) is 0.194. The Balaban J connectivity index is 1.43. The van der Waals surface area contributed by atoms with E-state index in [1.54, 1.807) is 12.1 Å². The molecule has 0 bridgehead atoms. The lowest BCUT2D eigenvalue weighted by Crippen LogP contribution is -2.16. The highest BCUT2D eigenvalue weighted by Gasteiger charge is 2.27. The standard InChI is InChI=1S/C30H29Cl2F2NO6/c31-23-12-35-13-24(32)22(23)11-27(19-5-8-26(41-30(33)34)28(10-19)39-16-18-3-4-18)40-29(37)20-6-7-25(21(9-20)14-36)38-15-17-1-2-17/h5-10,12-13,17-18,27,30,36H,1-4,11,14-16H2/t27-/m0/s1. The van der Waals surface area contributed by atoms with Crippen LogP contribution < -0.4 is 14.2 Å². The molecule has 1 N–H and O–H groups in total. The number of aliphatic hydroxyl groups is 1. The number of carbonyl (C=O) groups excluding carboxylic acids is 1. The van der Waals surface area contributed by atoms with E-state index < -0.39 is 18.7 Å². The third kappa shape index (κ3) is 7.99. The molecule has 0 unspecified atom stereocenters. The summed E-state index contributed by atoms with van der Waals surface area (Å²) in [5.41, 5.74) is 1.62. The van der Waals surface area contributed by atoms with Crippen molar-refractivity contribution < 1.29 is 37.6 Å². The van der Waals surface area contributed by atoms with Gasteiger partial charge in [0.1, 0.15) is 11.9 Å². The van der Waals surface area contributed by atoms with Gasteiger partial charge in [0.05, 0.1) is 35.4 Å². The number of aromatic nitrogens is 1. The molecule has 1 atom stereocenters. The molecule has 11 heteroatoms. The van der Waals surface area contributed by atoms with E-state index >= 15 is 0 Å². The monoisotopic (exact) mass is 607 g/mol. The highest BCUT2D eigenvalue weighted by Crippen LogP contribution is 2.38. The number of ether oxygens (including phenoxy) is 4. The number of esters is 1. The predicted molar refractivity (Wildman–Crippen MR) is 148 cm³/mol. The molecular formula is C30H29Cl2F2NO6. The number of nitrogens with zero attached hydrogens (tertiary/aromatic N) is 1. The minimum Gasteiger partial charge on any atom is -0.493 e. The fourth-order valence-corrected chi connectivity index (χ4v) is 4.75. The number of benzene rings is 2. The van der Waals surface area contributed by atoms with Gasteiger partial charge in [-0.2, -0.15) is 8.78 Å². The maximum atomic E-state index is 13.4. The lowest BCUT2D eigenvalue weighted by molar-refractivity contribution is -0.0515. The summed E-state index contributed by atoms with van der Waals surface area (Å²) in [5.74, 6) is 0.710. The van der Waals surface area contributed by atoms with Crippen LogP contribution in [0.3, 0.4) is 0 Å². The zero-order valence-corrected chi connectivity index (χ0v) is 23.5. The molecule has 0 aliphatic heterocycles. The number of hydrogen-bond acceptors (Lipinski definition) is 7. The molecule has 7 nitrogen and oxygen atoms in total. The third-order valence-electron chi connectivity index (χ3n) is 6.96. The van der Waals surface area contributed by atoms with Crippen molar-refractivity contribution in [2.45, 2.75) is 51.4 Å². The van der Waals surface area contributed by atoms with Gasteiger partial charge >= 0.3 is 12.6 Å². The van der Waals surface area contributed by atoms with Crippen LogP contribution >= 0.6 is 23.2 Å². The van der Waals surface area contributed by atoms with Crippen molar-refractivity contribution in [1.82, 2.24) is 4.98 Å². The van der Waals surface area contributed by atoms with Gasteiger partial charge in [-0.05, 0) is 79.0 Å². The molecule has 0 spiro atoms. The minimum absolute atomic E-state index is 0.0679. The van der Waals surface area contributed by atoms with Crippen molar-refractivity contribution in [3.05, 3.63) is 81.1 Å². The van der Waals surface area contributed by atoms with Crippen LogP contribution in [0.2, 0.25) is 10.0 Å². The number of rotatable bonds is 14. The van der Waals surface area contributed by atoms with Crippen LogP contribution in [0.5, 0.6) is 17.2 Å². The van der Waals surface area contributed by atoms with E-state index in [1.807, 2.05) is 0 Å². The minimum atomic E-state index is -3.04. The Hall–Kier alpha value is -3.14. The molecule has 3 aromatic rings. The van der Waals surface area contributed by atoms with Crippen molar-refractivity contribution in [3.8, 4) is 17.2 Å². The van der Waals surface area contributed by atoms with Crippen LogP contribution in [0, 0.1) is 11.8 Å². The van der Waals surface area contributed by atoms with Gasteiger partial charge in [0.2, 0.25) is 0 Å². The van der Waals surface area contributed by atoms with Gasteiger partial charge in [0.15, 0.2) is 11.5 Å². The zero-order chi connectivity index (χ0) is 28.9. The van der Waals surface area contributed by atoms with Crippen molar-refractivity contribution in [2.75, 3.05) is 13.2 Å². The van der Waals surface area contributed by atoms with Gasteiger partial charge in [-0.15, -0.1) is 0 Å². The summed E-state index contributed by atoms with van der Waals surface area (Å²) < 4.78 is 48.4. The summed E-state index contributed by atoms with van der Waals surface area (Å²) in [6.07, 6.45) is 6.24.